The summed E-state index contributed by atoms with van der Waals surface area (Å²) in [5.41, 5.74) is 3.75. The van der Waals surface area contributed by atoms with Gasteiger partial charge < -0.3 is 14.6 Å². The van der Waals surface area contributed by atoms with Crippen LogP contribution in [0.1, 0.15) is 59.5 Å². The fourth-order valence-electron chi connectivity index (χ4n) is 4.92. The monoisotopic (exact) mass is 416 g/mol. The summed E-state index contributed by atoms with van der Waals surface area (Å²) in [5, 5.41) is 2.99. The van der Waals surface area contributed by atoms with Crippen LogP contribution >= 0.6 is 0 Å². The zero-order valence-corrected chi connectivity index (χ0v) is 17.7. The molecule has 3 aromatic rings. The molecular formula is C25H28N4O2. The van der Waals surface area contributed by atoms with Gasteiger partial charge in [0.05, 0.1) is 0 Å². The zero-order chi connectivity index (χ0) is 21.2. The molecule has 31 heavy (non-hydrogen) atoms. The molecule has 1 saturated carbocycles. The maximum Gasteiger partial charge on any atom is 0.251 e. The van der Waals surface area contributed by atoms with Gasteiger partial charge in [-0.25, -0.2) is 4.98 Å². The van der Waals surface area contributed by atoms with Gasteiger partial charge in [-0.05, 0) is 54.7 Å². The molecule has 2 aromatic heterocycles. The van der Waals surface area contributed by atoms with Crippen LogP contribution in [0, 0.1) is 5.92 Å². The first-order valence-electron chi connectivity index (χ1n) is 11.3. The molecule has 6 heteroatoms. The lowest BCUT2D eigenvalue weighted by Crippen LogP contribution is -2.33. The second kappa shape index (κ2) is 8.53. The lowest BCUT2D eigenvalue weighted by atomic mass is 9.97. The van der Waals surface area contributed by atoms with Crippen molar-refractivity contribution in [2.45, 2.75) is 44.6 Å². The predicted octanol–water partition coefficient (Wildman–Crippen LogP) is 3.77. The number of carbonyl (C=O) groups excluding carboxylic acids is 2. The van der Waals surface area contributed by atoms with Crippen LogP contribution in [0.4, 0.5) is 0 Å². The van der Waals surface area contributed by atoms with E-state index in [1.165, 1.54) is 18.4 Å². The Morgan fingerprint density at radius 2 is 1.84 bits per heavy atom. The topological polar surface area (TPSA) is 66.7 Å². The molecule has 0 spiro atoms. The lowest BCUT2D eigenvalue weighted by Gasteiger charge is -2.20. The number of rotatable bonds is 5. The Morgan fingerprint density at radius 3 is 2.65 bits per heavy atom. The van der Waals surface area contributed by atoms with E-state index in [0.717, 1.165) is 43.6 Å². The van der Waals surface area contributed by atoms with Crippen molar-refractivity contribution in [3.8, 4) is 0 Å². The third-order valence-electron chi connectivity index (χ3n) is 6.76. The molecule has 1 aliphatic carbocycles. The molecule has 160 valence electrons. The smallest absolute Gasteiger partial charge is 0.251 e. The van der Waals surface area contributed by atoms with Gasteiger partial charge in [0.25, 0.3) is 5.91 Å². The number of nitrogens with one attached hydrogen (secondary N) is 1. The van der Waals surface area contributed by atoms with Crippen LogP contribution in [0.3, 0.4) is 0 Å². The molecule has 2 amide bonds. The van der Waals surface area contributed by atoms with E-state index in [2.05, 4.69) is 15.2 Å². The van der Waals surface area contributed by atoms with Crippen molar-refractivity contribution in [1.29, 1.82) is 0 Å². The maximum atomic E-state index is 12.7. The number of pyridine rings is 1. The van der Waals surface area contributed by atoms with Crippen LogP contribution in [0.5, 0.6) is 0 Å². The van der Waals surface area contributed by atoms with Crippen LogP contribution in [-0.4, -0.2) is 39.2 Å². The molecule has 0 radical (unpaired) electrons. The molecule has 1 N–H and O–H groups in total. The first kappa shape index (κ1) is 19.8. The summed E-state index contributed by atoms with van der Waals surface area (Å²) in [6, 6.07) is 11.8. The quantitative estimate of drug-likeness (QED) is 0.689. The van der Waals surface area contributed by atoms with Crippen molar-refractivity contribution in [2.24, 2.45) is 5.92 Å². The maximum absolute atomic E-state index is 12.7. The van der Waals surface area contributed by atoms with Gasteiger partial charge in [-0.2, -0.15) is 0 Å². The minimum absolute atomic E-state index is 0.0841. The summed E-state index contributed by atoms with van der Waals surface area (Å²) in [6.45, 7) is 2.12. The summed E-state index contributed by atoms with van der Waals surface area (Å²) in [7, 11) is 0. The molecule has 1 atom stereocenters. The number of aromatic nitrogens is 2. The summed E-state index contributed by atoms with van der Waals surface area (Å²) < 4.78 is 1.94. The van der Waals surface area contributed by atoms with Gasteiger partial charge >= 0.3 is 0 Å². The third-order valence-corrected chi connectivity index (χ3v) is 6.76. The minimum atomic E-state index is -0.0841. The van der Waals surface area contributed by atoms with Gasteiger partial charge in [-0.1, -0.05) is 25.0 Å². The highest BCUT2D eigenvalue weighted by atomic mass is 16.2. The second-order valence-electron chi connectivity index (χ2n) is 8.78. The number of carbonyl (C=O) groups is 2. The number of hydrogen-bond donors (Lipinski definition) is 1. The number of amides is 2. The Labute approximate surface area is 182 Å². The normalized spacial score (nSPS) is 19.2. The van der Waals surface area contributed by atoms with Crippen LogP contribution in [0.2, 0.25) is 0 Å². The van der Waals surface area contributed by atoms with E-state index < -0.39 is 0 Å². The largest absolute Gasteiger partial charge is 0.348 e. The first-order chi connectivity index (χ1) is 15.2. The average molecular weight is 417 g/mol. The van der Waals surface area contributed by atoms with Gasteiger partial charge in [0, 0.05) is 55.6 Å². The highest BCUT2D eigenvalue weighted by Gasteiger charge is 2.32. The molecule has 1 aromatic carbocycles. The van der Waals surface area contributed by atoms with Crippen LogP contribution in [-0.2, 0) is 11.3 Å². The summed E-state index contributed by atoms with van der Waals surface area (Å²) in [5.74, 6) is 0.881. The van der Waals surface area contributed by atoms with E-state index >= 15 is 0 Å². The zero-order valence-electron chi connectivity index (χ0n) is 17.7. The Hall–Kier alpha value is -3.15. The van der Waals surface area contributed by atoms with Gasteiger partial charge in [0.15, 0.2) is 0 Å². The second-order valence-corrected chi connectivity index (χ2v) is 8.78. The van der Waals surface area contributed by atoms with Crippen molar-refractivity contribution in [1.82, 2.24) is 19.6 Å². The molecule has 1 saturated heterocycles. The van der Waals surface area contributed by atoms with E-state index in [9.17, 15) is 9.59 Å². The molecular weight excluding hydrogens is 388 g/mol. The van der Waals surface area contributed by atoms with E-state index in [4.69, 9.17) is 0 Å². The van der Waals surface area contributed by atoms with Crippen LogP contribution < -0.4 is 5.32 Å². The Balaban J connectivity index is 1.16. The van der Waals surface area contributed by atoms with Crippen molar-refractivity contribution < 1.29 is 9.59 Å². The van der Waals surface area contributed by atoms with Crippen molar-refractivity contribution in [3.05, 3.63) is 71.7 Å². The van der Waals surface area contributed by atoms with Crippen molar-refractivity contribution in [2.75, 3.05) is 13.1 Å². The summed E-state index contributed by atoms with van der Waals surface area (Å²) in [4.78, 5) is 31.6. The number of fused-ring (bicyclic) bond motifs is 1. The number of nitrogens with zero attached hydrogens (tertiary/aromatic N) is 3. The summed E-state index contributed by atoms with van der Waals surface area (Å²) >= 11 is 0. The fraction of sp³-hybridized carbons (Fsp3) is 0.400. The molecule has 2 aliphatic rings. The predicted molar refractivity (Wildman–Crippen MR) is 119 cm³/mol. The van der Waals surface area contributed by atoms with E-state index in [-0.39, 0.29) is 11.8 Å². The van der Waals surface area contributed by atoms with Crippen molar-refractivity contribution >= 4 is 17.5 Å². The van der Waals surface area contributed by atoms with Gasteiger partial charge in [-0.3, -0.25) is 9.59 Å². The Kier molecular flexibility index (Phi) is 5.45. The van der Waals surface area contributed by atoms with Gasteiger partial charge in [0.2, 0.25) is 5.91 Å². The van der Waals surface area contributed by atoms with E-state index in [1.54, 1.807) is 6.20 Å². The van der Waals surface area contributed by atoms with Gasteiger partial charge in [-0.15, -0.1) is 0 Å². The number of imidazole rings is 1. The average Bonchev–Trinajstić information content (AvgIpc) is 3.58. The van der Waals surface area contributed by atoms with E-state index in [0.29, 0.717) is 23.9 Å². The highest BCUT2D eigenvalue weighted by molar-refractivity contribution is 5.94. The van der Waals surface area contributed by atoms with Crippen LogP contribution in [0.25, 0.3) is 5.65 Å². The minimum Gasteiger partial charge on any atom is -0.348 e. The Morgan fingerprint density at radius 1 is 1.03 bits per heavy atom. The van der Waals surface area contributed by atoms with Crippen molar-refractivity contribution in [3.63, 3.8) is 0 Å². The van der Waals surface area contributed by atoms with Crippen LogP contribution in [0.15, 0.2) is 55.0 Å². The lowest BCUT2D eigenvalue weighted by molar-refractivity contribution is -0.134. The van der Waals surface area contributed by atoms with Gasteiger partial charge in [0.1, 0.15) is 5.65 Å². The number of hydrogen-bond acceptors (Lipinski definition) is 3. The SMILES string of the molecule is O=C(NCc1ccn2ccnc2c1)c1ccc(C2CCN(C(=O)C3CCCC3)C2)cc1. The molecule has 3 heterocycles. The van der Waals surface area contributed by atoms with E-state index in [1.807, 2.05) is 53.2 Å². The summed E-state index contributed by atoms with van der Waals surface area (Å²) in [6.07, 6.45) is 11.1. The number of benzene rings is 1. The molecule has 6 nitrogen and oxygen atoms in total. The Bertz CT molecular complexity index is 1080. The standard InChI is InChI=1S/C25H28N4O2/c30-24(27-16-18-9-12-28-14-11-26-23(28)15-18)20-7-5-19(6-8-20)22-10-13-29(17-22)25(31)21-3-1-2-4-21/h5-9,11-12,14-15,21-22H,1-4,10,13,16-17H2,(H,27,30). The number of likely N-dealkylation sites (tertiary alicyclic amines) is 1. The first-order valence-corrected chi connectivity index (χ1v) is 11.3. The molecule has 1 aliphatic heterocycles. The fourth-order valence-corrected chi connectivity index (χ4v) is 4.92. The molecule has 0 bridgehead atoms. The highest BCUT2D eigenvalue weighted by Crippen LogP contribution is 2.32. The third kappa shape index (κ3) is 4.20. The molecule has 5 rings (SSSR count). The molecule has 1 unspecified atom stereocenters. The molecule has 2 fully saturated rings.